The van der Waals surface area contributed by atoms with Crippen molar-refractivity contribution < 1.29 is 4.79 Å². The van der Waals surface area contributed by atoms with Crippen LogP contribution in [0.25, 0.3) is 22.4 Å². The molecule has 3 aromatic rings. The summed E-state index contributed by atoms with van der Waals surface area (Å²) in [6.07, 6.45) is 2.96. The number of carbonyl (C=O) groups excluding carboxylic acids is 1. The first-order chi connectivity index (χ1) is 10.8. The third-order valence-corrected chi connectivity index (χ3v) is 4.13. The van der Waals surface area contributed by atoms with E-state index in [4.69, 9.17) is 0 Å². The van der Waals surface area contributed by atoms with E-state index in [0.717, 1.165) is 41.2 Å². The summed E-state index contributed by atoms with van der Waals surface area (Å²) in [4.78, 5) is 25.4. The van der Waals surface area contributed by atoms with Gasteiger partial charge in [-0.05, 0) is 24.3 Å². The van der Waals surface area contributed by atoms with E-state index in [2.05, 4.69) is 44.1 Å². The van der Waals surface area contributed by atoms with Gasteiger partial charge in [0, 0.05) is 37.2 Å². The number of carbonyl (C=O) groups is 1. The minimum absolute atomic E-state index is 0. The molecular formula is C17H17ClN4O. The summed E-state index contributed by atoms with van der Waals surface area (Å²) in [6, 6.07) is 12.3. The fourth-order valence-corrected chi connectivity index (χ4v) is 2.84. The Balaban J connectivity index is 0.00000156. The number of hydrogen-bond acceptors (Lipinski definition) is 4. The molecule has 1 aromatic carbocycles. The van der Waals surface area contributed by atoms with E-state index in [1.165, 1.54) is 0 Å². The number of aromatic nitrogens is 3. The van der Waals surface area contributed by atoms with Crippen LogP contribution in [0.5, 0.6) is 0 Å². The molecule has 1 N–H and O–H groups in total. The molecule has 1 aliphatic rings. The second-order valence-corrected chi connectivity index (χ2v) is 5.54. The van der Waals surface area contributed by atoms with Crippen molar-refractivity contribution in [2.45, 2.75) is 12.8 Å². The van der Waals surface area contributed by atoms with E-state index in [9.17, 15) is 4.79 Å². The minimum Gasteiger partial charge on any atom is -0.371 e. The Kier molecular flexibility index (Phi) is 4.30. The van der Waals surface area contributed by atoms with Crippen LogP contribution in [0.2, 0.25) is 0 Å². The normalized spacial score (nSPS) is 14.8. The zero-order chi connectivity index (χ0) is 14.9. The van der Waals surface area contributed by atoms with E-state index in [1.807, 2.05) is 12.1 Å². The molecule has 0 spiro atoms. The van der Waals surface area contributed by atoms with Crippen molar-refractivity contribution in [2.75, 3.05) is 18.0 Å². The second kappa shape index (κ2) is 6.38. The molecule has 1 saturated heterocycles. The quantitative estimate of drug-likeness (QED) is 0.784. The lowest BCUT2D eigenvalue weighted by molar-refractivity contribution is -0.119. The van der Waals surface area contributed by atoms with E-state index < -0.39 is 0 Å². The molecule has 1 fully saturated rings. The smallest absolute Gasteiger partial charge is 0.177 e. The van der Waals surface area contributed by atoms with Crippen molar-refractivity contribution in [3.63, 3.8) is 0 Å². The van der Waals surface area contributed by atoms with Crippen LogP contribution >= 0.6 is 12.4 Å². The van der Waals surface area contributed by atoms with Crippen LogP contribution in [0, 0.1) is 0 Å². The van der Waals surface area contributed by atoms with Crippen molar-refractivity contribution in [2.24, 2.45) is 0 Å². The number of pyridine rings is 1. The number of aromatic amines is 1. The number of halogens is 1. The van der Waals surface area contributed by atoms with Crippen LogP contribution in [0.15, 0.2) is 42.7 Å². The fourth-order valence-electron chi connectivity index (χ4n) is 2.84. The van der Waals surface area contributed by atoms with Crippen molar-refractivity contribution in [3.05, 3.63) is 42.7 Å². The molecule has 0 unspecified atom stereocenters. The number of anilines is 1. The topological polar surface area (TPSA) is 61.9 Å². The Morgan fingerprint density at radius 3 is 2.48 bits per heavy atom. The molecule has 6 heteroatoms. The molecule has 0 atom stereocenters. The highest BCUT2D eigenvalue weighted by atomic mass is 35.5. The van der Waals surface area contributed by atoms with Gasteiger partial charge in [-0.15, -0.1) is 12.4 Å². The molecule has 0 amide bonds. The molecule has 4 rings (SSSR count). The molecule has 3 heterocycles. The van der Waals surface area contributed by atoms with Crippen molar-refractivity contribution in [1.29, 1.82) is 0 Å². The van der Waals surface area contributed by atoms with Crippen LogP contribution < -0.4 is 4.90 Å². The zero-order valence-corrected chi connectivity index (χ0v) is 13.3. The standard InChI is InChI=1S/C17H16N4O.ClH/c22-14-7-9-21(10-8-14)13-3-1-12(2-4-13)15-5-6-16-17(20-15)19-11-18-16;/h1-6,11H,7-10H2,(H,18,19,20);1H. The number of rotatable bonds is 2. The number of H-pyrrole nitrogens is 1. The summed E-state index contributed by atoms with van der Waals surface area (Å²) >= 11 is 0. The largest absolute Gasteiger partial charge is 0.371 e. The summed E-state index contributed by atoms with van der Waals surface area (Å²) in [7, 11) is 0. The van der Waals surface area contributed by atoms with E-state index in [0.29, 0.717) is 18.6 Å². The summed E-state index contributed by atoms with van der Waals surface area (Å²) < 4.78 is 0. The second-order valence-electron chi connectivity index (χ2n) is 5.54. The van der Waals surface area contributed by atoms with Crippen LogP contribution in [0.3, 0.4) is 0 Å². The van der Waals surface area contributed by atoms with Gasteiger partial charge < -0.3 is 9.88 Å². The number of ketones is 1. The average Bonchev–Trinajstić information content (AvgIpc) is 3.03. The van der Waals surface area contributed by atoms with Gasteiger partial charge in [0.2, 0.25) is 0 Å². The maximum atomic E-state index is 11.3. The van der Waals surface area contributed by atoms with Crippen molar-refractivity contribution in [1.82, 2.24) is 15.0 Å². The molecule has 0 saturated carbocycles. The lowest BCUT2D eigenvalue weighted by atomic mass is 10.1. The Morgan fingerprint density at radius 2 is 1.74 bits per heavy atom. The van der Waals surface area contributed by atoms with Crippen LogP contribution in [-0.4, -0.2) is 33.8 Å². The van der Waals surface area contributed by atoms with E-state index in [1.54, 1.807) is 6.33 Å². The third kappa shape index (κ3) is 3.05. The van der Waals surface area contributed by atoms with Crippen LogP contribution in [0.1, 0.15) is 12.8 Å². The molecule has 2 aromatic heterocycles. The number of Topliss-reactive ketones (excluding diaryl/α,β-unsaturated/α-hetero) is 1. The highest BCUT2D eigenvalue weighted by molar-refractivity contribution is 5.85. The van der Waals surface area contributed by atoms with Gasteiger partial charge in [-0.2, -0.15) is 0 Å². The number of benzene rings is 1. The Hall–Kier alpha value is -2.40. The van der Waals surface area contributed by atoms with Gasteiger partial charge in [-0.3, -0.25) is 4.79 Å². The average molecular weight is 329 g/mol. The van der Waals surface area contributed by atoms with Gasteiger partial charge in [0.25, 0.3) is 0 Å². The Labute approximate surface area is 140 Å². The predicted molar refractivity (Wildman–Crippen MR) is 93.0 cm³/mol. The third-order valence-electron chi connectivity index (χ3n) is 4.13. The van der Waals surface area contributed by atoms with Gasteiger partial charge in [-0.25, -0.2) is 9.97 Å². The van der Waals surface area contributed by atoms with Gasteiger partial charge >= 0.3 is 0 Å². The first kappa shape index (κ1) is 15.5. The molecule has 0 radical (unpaired) electrons. The number of imidazole rings is 1. The molecular weight excluding hydrogens is 312 g/mol. The van der Waals surface area contributed by atoms with E-state index >= 15 is 0 Å². The van der Waals surface area contributed by atoms with E-state index in [-0.39, 0.29) is 12.4 Å². The number of nitrogens with zero attached hydrogens (tertiary/aromatic N) is 3. The van der Waals surface area contributed by atoms with Crippen LogP contribution in [-0.2, 0) is 4.79 Å². The first-order valence-electron chi connectivity index (χ1n) is 7.47. The fraction of sp³-hybridized carbons (Fsp3) is 0.235. The van der Waals surface area contributed by atoms with Gasteiger partial charge in [0.05, 0.1) is 17.5 Å². The van der Waals surface area contributed by atoms with Crippen LogP contribution in [0.4, 0.5) is 5.69 Å². The zero-order valence-electron chi connectivity index (χ0n) is 12.5. The highest BCUT2D eigenvalue weighted by Crippen LogP contribution is 2.24. The first-order valence-corrected chi connectivity index (χ1v) is 7.47. The molecule has 118 valence electrons. The highest BCUT2D eigenvalue weighted by Gasteiger charge is 2.16. The Bertz CT molecular complexity index is 818. The maximum absolute atomic E-state index is 11.3. The molecule has 5 nitrogen and oxygen atoms in total. The van der Waals surface area contributed by atoms with Gasteiger partial charge in [0.1, 0.15) is 5.78 Å². The van der Waals surface area contributed by atoms with Crippen molar-refractivity contribution in [3.8, 4) is 11.3 Å². The van der Waals surface area contributed by atoms with Gasteiger partial charge in [0.15, 0.2) is 5.65 Å². The SMILES string of the molecule is Cl.O=C1CCN(c2ccc(-c3ccc4[nH]cnc4n3)cc2)CC1. The molecule has 0 bridgehead atoms. The monoisotopic (exact) mass is 328 g/mol. The summed E-state index contributed by atoms with van der Waals surface area (Å²) in [5.41, 5.74) is 4.83. The molecule has 23 heavy (non-hydrogen) atoms. The molecule has 1 aliphatic heterocycles. The number of hydrogen-bond donors (Lipinski definition) is 1. The van der Waals surface area contributed by atoms with Gasteiger partial charge in [-0.1, -0.05) is 12.1 Å². The maximum Gasteiger partial charge on any atom is 0.177 e. The lowest BCUT2D eigenvalue weighted by Crippen LogP contribution is -2.33. The van der Waals surface area contributed by atoms with Crippen molar-refractivity contribution >= 4 is 35.0 Å². The predicted octanol–water partition coefficient (Wildman–Crippen LogP) is 3.22. The Morgan fingerprint density at radius 1 is 1.00 bits per heavy atom. The molecule has 0 aliphatic carbocycles. The number of fused-ring (bicyclic) bond motifs is 1. The minimum atomic E-state index is 0. The summed E-state index contributed by atoms with van der Waals surface area (Å²) in [5.74, 6) is 0.365. The summed E-state index contributed by atoms with van der Waals surface area (Å²) in [6.45, 7) is 1.63. The number of nitrogens with one attached hydrogen (secondary N) is 1. The number of piperidine rings is 1. The summed E-state index contributed by atoms with van der Waals surface area (Å²) in [5, 5.41) is 0. The lowest BCUT2D eigenvalue weighted by Gasteiger charge is -2.28.